The molecule has 11 nitrogen and oxygen atoms in total. The van der Waals surface area contributed by atoms with Crippen LogP contribution in [-0.2, 0) is 39.4 Å². The first kappa shape index (κ1) is 37.6. The highest BCUT2D eigenvalue weighted by Crippen LogP contribution is 2.42. The van der Waals surface area contributed by atoms with E-state index < -0.39 is 27.7 Å². The van der Waals surface area contributed by atoms with Crippen LogP contribution in [0.25, 0.3) is 0 Å². The Kier molecular flexibility index (Phi) is 11.8. The van der Waals surface area contributed by atoms with Crippen LogP contribution in [0, 0.1) is 17.8 Å². The molecular formula is C39H47ClN4O7S. The second-order valence-electron chi connectivity index (χ2n) is 14.1. The van der Waals surface area contributed by atoms with Gasteiger partial charge in [-0.15, -0.1) is 4.36 Å². The van der Waals surface area contributed by atoms with Crippen LogP contribution in [0.1, 0.15) is 81.4 Å². The number of carbonyl (C=O) groups is 3. The Labute approximate surface area is 311 Å². The maximum absolute atomic E-state index is 14.6. The number of ether oxygens (including phenoxy) is 3. The summed E-state index contributed by atoms with van der Waals surface area (Å²) in [6.45, 7) is 3.69. The topological polar surface area (TPSA) is 129 Å². The summed E-state index contributed by atoms with van der Waals surface area (Å²) in [5.41, 5.74) is 3.55. The Morgan fingerprint density at radius 2 is 1.90 bits per heavy atom. The summed E-state index contributed by atoms with van der Waals surface area (Å²) in [5.74, 6) is -1.06. The third kappa shape index (κ3) is 8.56. The second kappa shape index (κ2) is 16.3. The number of aromatic nitrogens is 1. The quantitative estimate of drug-likeness (QED) is 0.229. The number of anilines is 1. The number of halogens is 1. The van der Waals surface area contributed by atoms with E-state index in [1.54, 1.807) is 32.4 Å². The van der Waals surface area contributed by atoms with Crippen LogP contribution >= 0.6 is 11.6 Å². The predicted octanol–water partition coefficient (Wildman–Crippen LogP) is 6.78. The monoisotopic (exact) mass is 750 g/mol. The highest BCUT2D eigenvalue weighted by molar-refractivity contribution is 7.92. The van der Waals surface area contributed by atoms with E-state index in [4.69, 9.17) is 25.8 Å². The van der Waals surface area contributed by atoms with E-state index in [0.717, 1.165) is 43.4 Å². The van der Waals surface area contributed by atoms with Crippen LogP contribution in [-0.4, -0.2) is 65.8 Å². The van der Waals surface area contributed by atoms with Crippen molar-refractivity contribution in [2.75, 3.05) is 38.0 Å². The van der Waals surface area contributed by atoms with Crippen molar-refractivity contribution < 1.29 is 32.8 Å². The van der Waals surface area contributed by atoms with Crippen LogP contribution < -0.4 is 14.4 Å². The summed E-state index contributed by atoms with van der Waals surface area (Å²) >= 11 is 6.46. The van der Waals surface area contributed by atoms with Crippen LogP contribution in [0.5, 0.6) is 5.75 Å². The highest BCUT2D eigenvalue weighted by Gasteiger charge is 2.38. The minimum atomic E-state index is -3.65. The molecule has 1 aliphatic carbocycles. The van der Waals surface area contributed by atoms with E-state index in [0.29, 0.717) is 48.7 Å². The summed E-state index contributed by atoms with van der Waals surface area (Å²) in [5, 5.41) is 0.697. The average Bonchev–Trinajstić information content (AvgIpc) is 3.49. The van der Waals surface area contributed by atoms with Gasteiger partial charge in [0.25, 0.3) is 11.8 Å². The van der Waals surface area contributed by atoms with Crippen LogP contribution in [0.4, 0.5) is 5.69 Å². The highest BCUT2D eigenvalue weighted by atomic mass is 35.5. The lowest BCUT2D eigenvalue weighted by Gasteiger charge is -2.43. The van der Waals surface area contributed by atoms with E-state index in [1.807, 2.05) is 25.1 Å². The Hall–Kier alpha value is -4.13. The molecule has 3 aromatic rings. The van der Waals surface area contributed by atoms with Gasteiger partial charge < -0.3 is 23.7 Å². The number of rotatable bonds is 4. The predicted molar refractivity (Wildman–Crippen MR) is 201 cm³/mol. The SMILES string of the molecule is COC(=O)c1cc(C(=O)NS2(=O)=NC(=O)c3ccc4c(c3)N(Cc3ccc(Cl)cc3CCCCO4)C[C@@H]3CC[C@H]3[C@@H](OC)/C=C/C[C@H](C)C2)cn1C. The van der Waals surface area contributed by atoms with Gasteiger partial charge in [-0.05, 0) is 104 Å². The Morgan fingerprint density at radius 3 is 2.65 bits per heavy atom. The third-order valence-electron chi connectivity index (χ3n) is 10.3. The molecule has 1 unspecified atom stereocenters. The van der Waals surface area contributed by atoms with Gasteiger partial charge in [0.1, 0.15) is 21.4 Å². The molecule has 1 aromatic heterocycles. The lowest BCUT2D eigenvalue weighted by Crippen LogP contribution is -2.43. The van der Waals surface area contributed by atoms with Crippen LogP contribution in [0.15, 0.2) is 65.2 Å². The molecule has 6 rings (SSSR count). The van der Waals surface area contributed by atoms with Gasteiger partial charge in [-0.25, -0.2) is 9.00 Å². The van der Waals surface area contributed by atoms with E-state index in [1.165, 1.54) is 29.5 Å². The molecule has 52 heavy (non-hydrogen) atoms. The molecular weight excluding hydrogens is 704 g/mol. The molecule has 1 fully saturated rings. The molecule has 13 heteroatoms. The molecule has 2 aliphatic heterocycles. The first-order valence-corrected chi connectivity index (χ1v) is 19.9. The molecule has 5 atom stereocenters. The molecule has 1 N–H and O–H groups in total. The normalized spacial score (nSPS) is 25.9. The number of nitrogens with zero attached hydrogens (tertiary/aromatic N) is 3. The maximum atomic E-state index is 14.6. The van der Waals surface area contributed by atoms with Gasteiger partial charge in [-0.2, -0.15) is 0 Å². The van der Waals surface area contributed by atoms with Crippen LogP contribution in [0.2, 0.25) is 5.02 Å². The maximum Gasteiger partial charge on any atom is 0.354 e. The van der Waals surface area contributed by atoms with E-state index >= 15 is 0 Å². The lowest BCUT2D eigenvalue weighted by atomic mass is 9.70. The molecule has 1 saturated carbocycles. The van der Waals surface area contributed by atoms with Crippen molar-refractivity contribution >= 4 is 45.0 Å². The van der Waals surface area contributed by atoms with Crippen molar-refractivity contribution in [2.45, 2.75) is 58.1 Å². The minimum absolute atomic E-state index is 0.0747. The number of aryl methyl sites for hydroxylation is 2. The van der Waals surface area contributed by atoms with Gasteiger partial charge in [0.05, 0.1) is 36.8 Å². The zero-order valence-corrected chi connectivity index (χ0v) is 31.7. The van der Waals surface area contributed by atoms with Crippen molar-refractivity contribution in [1.29, 1.82) is 0 Å². The summed E-state index contributed by atoms with van der Waals surface area (Å²) in [4.78, 5) is 42.0. The standard InChI is InChI=1S/C39H47ClN4O7S/c1-25-8-7-10-35(49-3)32-15-12-29(32)23-44-22-28-11-14-31(40)18-26(28)9-5-6-17-51-36-16-13-27(19-33(36)44)37(45)41-52(48,24-25)42-38(46)30-20-34(39(47)50-4)43(2)21-30/h7,10-11,13-14,16,18-21,25,29,32,35H,5-6,8-9,12,15,17,22-24H2,1-4H3,(H,41,42,45,46,48)/b10-7+/t25-,29-,32+,35-,52?/m0/s1. The number of methoxy groups -OCH3 is 2. The summed E-state index contributed by atoms with van der Waals surface area (Å²) in [6, 6.07) is 12.6. The Morgan fingerprint density at radius 1 is 1.08 bits per heavy atom. The number of fused-ring (bicyclic) bond motifs is 3. The number of esters is 1. The van der Waals surface area contributed by atoms with E-state index in [-0.39, 0.29) is 34.6 Å². The van der Waals surface area contributed by atoms with Crippen molar-refractivity contribution in [1.82, 2.24) is 9.29 Å². The molecule has 0 saturated heterocycles. The number of hydrogen-bond acceptors (Lipinski definition) is 8. The smallest absolute Gasteiger partial charge is 0.354 e. The summed E-state index contributed by atoms with van der Waals surface area (Å²) in [6.07, 6.45) is 10.7. The fourth-order valence-corrected chi connectivity index (χ4v) is 9.46. The number of carbonyl (C=O) groups excluding carboxylic acids is 3. The van der Waals surface area contributed by atoms with E-state index in [9.17, 15) is 18.6 Å². The molecule has 0 radical (unpaired) electrons. The Balaban J connectivity index is 1.44. The zero-order valence-electron chi connectivity index (χ0n) is 30.1. The summed E-state index contributed by atoms with van der Waals surface area (Å²) in [7, 11) is 0.934. The molecule has 0 spiro atoms. The number of nitrogens with one attached hydrogen (secondary N) is 1. The van der Waals surface area contributed by atoms with Crippen molar-refractivity contribution in [2.24, 2.45) is 29.2 Å². The van der Waals surface area contributed by atoms with Crippen molar-refractivity contribution in [3.63, 3.8) is 0 Å². The largest absolute Gasteiger partial charge is 0.491 e. The van der Waals surface area contributed by atoms with Gasteiger partial charge in [0, 0.05) is 44.0 Å². The first-order chi connectivity index (χ1) is 25.0. The third-order valence-corrected chi connectivity index (χ3v) is 12.5. The number of benzene rings is 2. The van der Waals surface area contributed by atoms with Crippen molar-refractivity contribution in [3.05, 3.63) is 93.8 Å². The minimum Gasteiger partial charge on any atom is -0.491 e. The lowest BCUT2D eigenvalue weighted by molar-refractivity contribution is 0.0133. The first-order valence-electron chi connectivity index (χ1n) is 17.8. The molecule has 2 bridgehead atoms. The Bertz CT molecular complexity index is 1980. The molecule has 3 aliphatic rings. The van der Waals surface area contributed by atoms with Gasteiger partial charge in [-0.1, -0.05) is 36.7 Å². The van der Waals surface area contributed by atoms with Gasteiger partial charge in [-0.3, -0.25) is 14.3 Å². The molecule has 2 amide bonds. The molecule has 2 aromatic carbocycles. The number of hydrogen-bond donors (Lipinski definition) is 1. The van der Waals surface area contributed by atoms with Gasteiger partial charge in [0.2, 0.25) is 0 Å². The second-order valence-corrected chi connectivity index (χ2v) is 16.5. The average molecular weight is 751 g/mol. The van der Waals surface area contributed by atoms with Crippen LogP contribution in [0.3, 0.4) is 0 Å². The zero-order chi connectivity index (χ0) is 37.0. The number of allylic oxidation sites excluding steroid dienone is 1. The number of amides is 2. The fourth-order valence-electron chi connectivity index (χ4n) is 7.37. The van der Waals surface area contributed by atoms with E-state index in [2.05, 4.69) is 26.1 Å². The molecule has 278 valence electrons. The summed E-state index contributed by atoms with van der Waals surface area (Å²) < 4.78 is 40.1. The van der Waals surface area contributed by atoms with Crippen molar-refractivity contribution in [3.8, 4) is 5.75 Å². The van der Waals surface area contributed by atoms with Gasteiger partial charge >= 0.3 is 5.97 Å². The molecule has 3 heterocycles. The fraction of sp³-hybridized carbons (Fsp3) is 0.462. The van der Waals surface area contributed by atoms with Gasteiger partial charge in [0.15, 0.2) is 0 Å².